The molecule has 0 aliphatic carbocycles. The normalized spacial score (nSPS) is 10.3. The molecule has 96 valence electrons. The van der Waals surface area contributed by atoms with Crippen LogP contribution in [0.2, 0.25) is 0 Å². The fraction of sp³-hybridized carbons (Fsp3) is 0.636. The van der Waals surface area contributed by atoms with Crippen LogP contribution in [0.25, 0.3) is 0 Å². The lowest BCUT2D eigenvalue weighted by Crippen LogP contribution is -2.09. The summed E-state index contributed by atoms with van der Waals surface area (Å²) in [4.78, 5) is 8.48. The van der Waals surface area contributed by atoms with Crippen molar-refractivity contribution >= 4 is 11.6 Å². The quantitative estimate of drug-likeness (QED) is 0.579. The van der Waals surface area contributed by atoms with E-state index in [-0.39, 0.29) is 6.61 Å². The van der Waals surface area contributed by atoms with Crippen LogP contribution in [-0.2, 0) is 4.74 Å². The van der Waals surface area contributed by atoms with E-state index in [1.165, 1.54) is 0 Å². The Morgan fingerprint density at radius 1 is 1.29 bits per heavy atom. The maximum atomic E-state index is 8.52. The number of ether oxygens (including phenoxy) is 1. The van der Waals surface area contributed by atoms with E-state index in [1.807, 2.05) is 20.0 Å². The minimum absolute atomic E-state index is 0.0735. The first kappa shape index (κ1) is 13.7. The van der Waals surface area contributed by atoms with Gasteiger partial charge in [0.25, 0.3) is 0 Å². The zero-order valence-electron chi connectivity index (χ0n) is 10.4. The van der Waals surface area contributed by atoms with E-state index in [0.717, 1.165) is 30.4 Å². The number of aromatic nitrogens is 2. The zero-order chi connectivity index (χ0) is 12.5. The number of aliphatic hydroxyl groups is 1. The number of anilines is 2. The maximum Gasteiger partial charge on any atom is 0.131 e. The lowest BCUT2D eigenvalue weighted by molar-refractivity contribution is 0.0922. The molecule has 17 heavy (non-hydrogen) atoms. The average molecular weight is 240 g/mol. The molecule has 6 nitrogen and oxygen atoms in total. The summed E-state index contributed by atoms with van der Waals surface area (Å²) in [6, 6.07) is 1.86. The van der Waals surface area contributed by atoms with Crippen molar-refractivity contribution in [2.45, 2.75) is 13.3 Å². The summed E-state index contributed by atoms with van der Waals surface area (Å²) in [5.74, 6) is 2.34. The summed E-state index contributed by atoms with van der Waals surface area (Å²) in [6.45, 7) is 3.75. The molecule has 0 aliphatic rings. The van der Waals surface area contributed by atoms with Gasteiger partial charge in [-0.1, -0.05) is 0 Å². The summed E-state index contributed by atoms with van der Waals surface area (Å²) in [5, 5.41) is 14.7. The van der Waals surface area contributed by atoms with Gasteiger partial charge in [0.15, 0.2) is 0 Å². The Kier molecular flexibility index (Phi) is 6.27. The third kappa shape index (κ3) is 5.46. The highest BCUT2D eigenvalue weighted by atomic mass is 16.5. The molecule has 1 aromatic rings. The molecule has 0 saturated heterocycles. The van der Waals surface area contributed by atoms with Crippen LogP contribution in [0, 0.1) is 6.92 Å². The summed E-state index contributed by atoms with van der Waals surface area (Å²) < 4.78 is 5.15. The standard InChI is InChI=1S/C11H20N4O2/c1-9-14-10(12-2)8-11(15-9)13-4-3-6-17-7-5-16/h8,16H,3-7H2,1-2H3,(H2,12,13,14,15). The van der Waals surface area contributed by atoms with Crippen LogP contribution in [0.3, 0.4) is 0 Å². The molecule has 1 rings (SSSR count). The van der Waals surface area contributed by atoms with Gasteiger partial charge in [-0.05, 0) is 13.3 Å². The maximum absolute atomic E-state index is 8.52. The molecule has 0 bridgehead atoms. The molecular formula is C11H20N4O2. The van der Waals surface area contributed by atoms with E-state index in [2.05, 4.69) is 20.6 Å². The van der Waals surface area contributed by atoms with Crippen molar-refractivity contribution in [1.82, 2.24) is 9.97 Å². The zero-order valence-corrected chi connectivity index (χ0v) is 10.4. The van der Waals surface area contributed by atoms with E-state index >= 15 is 0 Å². The van der Waals surface area contributed by atoms with Crippen LogP contribution in [-0.4, -0.2) is 48.5 Å². The predicted octanol–water partition coefficient (Wildman–Crippen LogP) is 0.638. The third-order valence-corrected chi connectivity index (χ3v) is 2.10. The fourth-order valence-corrected chi connectivity index (χ4v) is 1.34. The SMILES string of the molecule is CNc1cc(NCCCOCCO)nc(C)n1. The molecule has 0 saturated carbocycles. The molecule has 3 N–H and O–H groups in total. The molecular weight excluding hydrogens is 220 g/mol. The first-order chi connectivity index (χ1) is 8.26. The summed E-state index contributed by atoms with van der Waals surface area (Å²) in [7, 11) is 1.83. The Balaban J connectivity index is 2.28. The largest absolute Gasteiger partial charge is 0.394 e. The van der Waals surface area contributed by atoms with E-state index in [1.54, 1.807) is 0 Å². The van der Waals surface area contributed by atoms with Crippen LogP contribution in [0.4, 0.5) is 11.6 Å². The van der Waals surface area contributed by atoms with Crippen molar-refractivity contribution in [1.29, 1.82) is 0 Å². The second kappa shape index (κ2) is 7.81. The van der Waals surface area contributed by atoms with Gasteiger partial charge in [0, 0.05) is 26.3 Å². The van der Waals surface area contributed by atoms with Gasteiger partial charge < -0.3 is 20.5 Å². The summed E-state index contributed by atoms with van der Waals surface area (Å²) in [6.07, 6.45) is 0.873. The number of nitrogens with zero attached hydrogens (tertiary/aromatic N) is 2. The van der Waals surface area contributed by atoms with Crippen molar-refractivity contribution < 1.29 is 9.84 Å². The van der Waals surface area contributed by atoms with E-state index in [0.29, 0.717) is 13.2 Å². The highest BCUT2D eigenvalue weighted by Gasteiger charge is 1.99. The van der Waals surface area contributed by atoms with E-state index in [9.17, 15) is 0 Å². The first-order valence-corrected chi connectivity index (χ1v) is 5.72. The summed E-state index contributed by atoms with van der Waals surface area (Å²) in [5.41, 5.74) is 0. The fourth-order valence-electron chi connectivity index (χ4n) is 1.34. The Labute approximate surface area is 101 Å². The van der Waals surface area contributed by atoms with Crippen LogP contribution < -0.4 is 10.6 Å². The van der Waals surface area contributed by atoms with Gasteiger partial charge >= 0.3 is 0 Å². The minimum atomic E-state index is 0.0735. The monoisotopic (exact) mass is 240 g/mol. The molecule has 0 radical (unpaired) electrons. The van der Waals surface area contributed by atoms with Gasteiger partial charge in [0.05, 0.1) is 13.2 Å². The summed E-state index contributed by atoms with van der Waals surface area (Å²) >= 11 is 0. The Morgan fingerprint density at radius 3 is 2.76 bits per heavy atom. The van der Waals surface area contributed by atoms with Gasteiger partial charge in [-0.15, -0.1) is 0 Å². The van der Waals surface area contributed by atoms with Gasteiger partial charge in [0.2, 0.25) is 0 Å². The Bertz CT molecular complexity index is 333. The number of hydrogen-bond acceptors (Lipinski definition) is 6. The van der Waals surface area contributed by atoms with Crippen molar-refractivity contribution in [2.24, 2.45) is 0 Å². The van der Waals surface area contributed by atoms with Gasteiger partial charge in [-0.25, -0.2) is 9.97 Å². The smallest absolute Gasteiger partial charge is 0.131 e. The molecule has 0 spiro atoms. The van der Waals surface area contributed by atoms with E-state index < -0.39 is 0 Å². The number of aryl methyl sites for hydroxylation is 1. The molecule has 0 aromatic carbocycles. The van der Waals surface area contributed by atoms with Gasteiger partial charge in [-0.2, -0.15) is 0 Å². The minimum Gasteiger partial charge on any atom is -0.394 e. The highest BCUT2D eigenvalue weighted by molar-refractivity contribution is 5.46. The topological polar surface area (TPSA) is 79.3 Å². The van der Waals surface area contributed by atoms with Gasteiger partial charge in [0.1, 0.15) is 17.5 Å². The van der Waals surface area contributed by atoms with Crippen LogP contribution in [0.15, 0.2) is 6.07 Å². The molecule has 0 amide bonds. The lowest BCUT2D eigenvalue weighted by Gasteiger charge is -2.08. The van der Waals surface area contributed by atoms with Crippen molar-refractivity contribution in [2.75, 3.05) is 44.0 Å². The van der Waals surface area contributed by atoms with Crippen molar-refractivity contribution in [3.63, 3.8) is 0 Å². The van der Waals surface area contributed by atoms with Gasteiger partial charge in [-0.3, -0.25) is 0 Å². The van der Waals surface area contributed by atoms with Crippen LogP contribution in [0.1, 0.15) is 12.2 Å². The van der Waals surface area contributed by atoms with Crippen LogP contribution >= 0.6 is 0 Å². The lowest BCUT2D eigenvalue weighted by atomic mass is 10.4. The van der Waals surface area contributed by atoms with Crippen LogP contribution in [0.5, 0.6) is 0 Å². The molecule has 0 atom stereocenters. The molecule has 0 fully saturated rings. The second-order valence-corrected chi connectivity index (χ2v) is 3.55. The first-order valence-electron chi connectivity index (χ1n) is 5.72. The molecule has 6 heteroatoms. The third-order valence-electron chi connectivity index (χ3n) is 2.10. The number of hydrogen-bond donors (Lipinski definition) is 3. The number of aliphatic hydroxyl groups excluding tert-OH is 1. The average Bonchev–Trinajstić information content (AvgIpc) is 2.33. The molecule has 1 aromatic heterocycles. The predicted molar refractivity (Wildman–Crippen MR) is 67.3 cm³/mol. The highest BCUT2D eigenvalue weighted by Crippen LogP contribution is 2.09. The molecule has 0 unspecified atom stereocenters. The molecule has 0 aliphatic heterocycles. The molecule has 1 heterocycles. The Hall–Kier alpha value is -1.40. The van der Waals surface area contributed by atoms with E-state index in [4.69, 9.17) is 9.84 Å². The van der Waals surface area contributed by atoms with Crippen molar-refractivity contribution in [3.05, 3.63) is 11.9 Å². The second-order valence-electron chi connectivity index (χ2n) is 3.55. The number of nitrogens with one attached hydrogen (secondary N) is 2. The number of rotatable bonds is 8. The Morgan fingerprint density at radius 2 is 2.06 bits per heavy atom. The van der Waals surface area contributed by atoms with Crippen molar-refractivity contribution in [3.8, 4) is 0 Å².